The fourth-order valence-electron chi connectivity index (χ4n) is 4.16. The third kappa shape index (κ3) is 3.56. The maximum atomic E-state index is 13.7. The Labute approximate surface area is 198 Å². The van der Waals surface area contributed by atoms with E-state index in [4.69, 9.17) is 4.42 Å². The third-order valence-corrected chi connectivity index (χ3v) is 7.61. The number of hydrogen-bond donors (Lipinski definition) is 0. The van der Waals surface area contributed by atoms with Crippen LogP contribution in [0.4, 0.5) is 16.2 Å². The Hall–Kier alpha value is -3.91. The van der Waals surface area contributed by atoms with Gasteiger partial charge >= 0.3 is 6.03 Å². The van der Waals surface area contributed by atoms with Crippen molar-refractivity contribution in [1.29, 1.82) is 0 Å². The summed E-state index contributed by atoms with van der Waals surface area (Å²) in [5.74, 6) is 1.01. The molecule has 1 aliphatic rings. The molecule has 0 bridgehead atoms. The number of anilines is 2. The van der Waals surface area contributed by atoms with Crippen molar-refractivity contribution in [2.24, 2.45) is 0 Å². The summed E-state index contributed by atoms with van der Waals surface area (Å²) >= 11 is 0. The van der Waals surface area contributed by atoms with E-state index < -0.39 is 16.1 Å². The molecule has 0 aliphatic carbocycles. The second kappa shape index (κ2) is 8.14. The highest BCUT2D eigenvalue weighted by atomic mass is 32.2. The fourth-order valence-corrected chi connectivity index (χ4v) is 5.82. The first kappa shape index (κ1) is 21.9. The number of oxazole rings is 1. The van der Waals surface area contributed by atoms with Gasteiger partial charge in [0.25, 0.3) is 10.0 Å². The summed E-state index contributed by atoms with van der Waals surface area (Å²) in [5.41, 5.74) is 3.70. The molecule has 0 saturated carbocycles. The fraction of sp³-hybridized carbons (Fsp3) is 0.154. The molecule has 0 radical (unpaired) electrons. The van der Waals surface area contributed by atoms with Crippen molar-refractivity contribution in [3.8, 4) is 11.5 Å². The standard InChI is InChI=1S/C26H23N3O4S/c1-17-13-14-22(18(2)15-17)29-26(30)28(23-11-7-8-12-24(23)34(29,31)32)16-21-19(3)33-25(27-21)20-9-5-4-6-10-20/h4-15H,16H2,1-3H3. The van der Waals surface area contributed by atoms with Gasteiger partial charge in [-0.1, -0.05) is 48.0 Å². The van der Waals surface area contributed by atoms with Gasteiger partial charge in [0, 0.05) is 5.56 Å². The van der Waals surface area contributed by atoms with Gasteiger partial charge in [-0.05, 0) is 56.7 Å². The van der Waals surface area contributed by atoms with Gasteiger partial charge < -0.3 is 4.42 Å². The number of sulfonamides is 1. The normalized spacial score (nSPS) is 14.9. The van der Waals surface area contributed by atoms with Crippen molar-refractivity contribution in [2.45, 2.75) is 32.2 Å². The van der Waals surface area contributed by atoms with E-state index in [1.165, 1.54) is 11.0 Å². The summed E-state index contributed by atoms with van der Waals surface area (Å²) in [4.78, 5) is 19.9. The molecule has 0 fully saturated rings. The van der Waals surface area contributed by atoms with E-state index in [1.807, 2.05) is 43.3 Å². The highest BCUT2D eigenvalue weighted by molar-refractivity contribution is 7.94. The van der Waals surface area contributed by atoms with Crippen LogP contribution in [-0.2, 0) is 16.6 Å². The number of carbonyl (C=O) groups is 1. The Bertz CT molecular complexity index is 1510. The number of para-hydroxylation sites is 1. The van der Waals surface area contributed by atoms with Crippen LogP contribution in [0.15, 0.2) is 82.1 Å². The maximum Gasteiger partial charge on any atom is 0.343 e. The summed E-state index contributed by atoms with van der Waals surface area (Å²) in [6.45, 7) is 5.56. The van der Waals surface area contributed by atoms with E-state index in [0.717, 1.165) is 15.4 Å². The molecule has 0 N–H and O–H groups in total. The van der Waals surface area contributed by atoms with Crippen LogP contribution in [0.3, 0.4) is 0 Å². The van der Waals surface area contributed by atoms with Crippen LogP contribution in [0.2, 0.25) is 0 Å². The van der Waals surface area contributed by atoms with Gasteiger partial charge in [-0.3, -0.25) is 4.90 Å². The van der Waals surface area contributed by atoms with Crippen LogP contribution in [0.5, 0.6) is 0 Å². The maximum absolute atomic E-state index is 13.7. The van der Waals surface area contributed by atoms with Crippen LogP contribution in [0.25, 0.3) is 11.5 Å². The molecule has 0 saturated heterocycles. The van der Waals surface area contributed by atoms with Crippen molar-refractivity contribution in [1.82, 2.24) is 4.98 Å². The predicted octanol–water partition coefficient (Wildman–Crippen LogP) is 5.60. The molecule has 3 aromatic carbocycles. The summed E-state index contributed by atoms with van der Waals surface area (Å²) in [6, 6.07) is 20.7. The zero-order chi connectivity index (χ0) is 24.0. The minimum atomic E-state index is -4.10. The minimum Gasteiger partial charge on any atom is -0.441 e. The minimum absolute atomic E-state index is 0.0644. The number of amides is 2. The van der Waals surface area contributed by atoms with Crippen LogP contribution in [-0.4, -0.2) is 19.4 Å². The van der Waals surface area contributed by atoms with Gasteiger partial charge in [-0.25, -0.2) is 18.2 Å². The van der Waals surface area contributed by atoms with E-state index in [1.54, 1.807) is 44.2 Å². The summed E-state index contributed by atoms with van der Waals surface area (Å²) < 4.78 is 33.9. The Morgan fingerprint density at radius 2 is 1.59 bits per heavy atom. The summed E-state index contributed by atoms with van der Waals surface area (Å²) in [5, 5.41) is 0. The van der Waals surface area contributed by atoms with Crippen molar-refractivity contribution in [2.75, 3.05) is 9.21 Å². The zero-order valence-corrected chi connectivity index (χ0v) is 19.8. The third-order valence-electron chi connectivity index (χ3n) is 5.87. The van der Waals surface area contributed by atoms with Crippen molar-refractivity contribution in [3.63, 3.8) is 0 Å². The number of carbonyl (C=O) groups excluding carboxylic acids is 1. The lowest BCUT2D eigenvalue weighted by molar-refractivity contribution is 0.253. The lowest BCUT2D eigenvalue weighted by Crippen LogP contribution is -2.51. The molecule has 34 heavy (non-hydrogen) atoms. The largest absolute Gasteiger partial charge is 0.441 e. The monoisotopic (exact) mass is 473 g/mol. The van der Waals surface area contributed by atoms with Gasteiger partial charge in [0.05, 0.1) is 17.9 Å². The number of fused-ring (bicyclic) bond motifs is 1. The number of urea groups is 1. The first-order chi connectivity index (χ1) is 16.3. The molecular weight excluding hydrogens is 450 g/mol. The average Bonchev–Trinajstić information content (AvgIpc) is 3.19. The van der Waals surface area contributed by atoms with E-state index >= 15 is 0 Å². The zero-order valence-electron chi connectivity index (χ0n) is 19.0. The molecule has 0 unspecified atom stereocenters. The van der Waals surface area contributed by atoms with Crippen molar-refractivity contribution in [3.05, 3.63) is 95.4 Å². The van der Waals surface area contributed by atoms with Crippen LogP contribution >= 0.6 is 0 Å². The highest BCUT2D eigenvalue weighted by Crippen LogP contribution is 2.39. The predicted molar refractivity (Wildman–Crippen MR) is 130 cm³/mol. The molecule has 1 aliphatic heterocycles. The number of rotatable bonds is 4. The molecule has 2 amide bonds. The van der Waals surface area contributed by atoms with E-state index in [0.29, 0.717) is 34.3 Å². The number of aryl methyl sites for hydroxylation is 3. The van der Waals surface area contributed by atoms with Crippen LogP contribution in [0, 0.1) is 20.8 Å². The molecule has 8 heteroatoms. The molecule has 2 heterocycles. The Morgan fingerprint density at radius 3 is 2.32 bits per heavy atom. The van der Waals surface area contributed by atoms with Gasteiger partial charge in [-0.15, -0.1) is 0 Å². The van der Waals surface area contributed by atoms with Gasteiger partial charge in [-0.2, -0.15) is 4.31 Å². The first-order valence-corrected chi connectivity index (χ1v) is 12.3. The molecule has 0 spiro atoms. The highest BCUT2D eigenvalue weighted by Gasteiger charge is 2.43. The average molecular weight is 474 g/mol. The smallest absolute Gasteiger partial charge is 0.343 e. The van der Waals surface area contributed by atoms with Gasteiger partial charge in [0.15, 0.2) is 0 Å². The topological polar surface area (TPSA) is 83.7 Å². The van der Waals surface area contributed by atoms with E-state index in [2.05, 4.69) is 4.98 Å². The Balaban J connectivity index is 1.61. The van der Waals surface area contributed by atoms with Gasteiger partial charge in [0.2, 0.25) is 5.89 Å². The molecule has 4 aromatic rings. The lowest BCUT2D eigenvalue weighted by atomic mass is 10.1. The second-order valence-corrected chi connectivity index (χ2v) is 10.0. The number of aromatic nitrogens is 1. The first-order valence-electron chi connectivity index (χ1n) is 10.8. The molecular formula is C26H23N3O4S. The van der Waals surface area contributed by atoms with Crippen molar-refractivity contribution >= 4 is 27.4 Å². The summed E-state index contributed by atoms with van der Waals surface area (Å²) in [6.07, 6.45) is 0. The number of nitrogens with zero attached hydrogens (tertiary/aromatic N) is 3. The molecule has 5 rings (SSSR count). The molecule has 1 aromatic heterocycles. The second-order valence-electron chi connectivity index (χ2n) is 8.28. The van der Waals surface area contributed by atoms with Crippen LogP contribution < -0.4 is 9.21 Å². The SMILES string of the molecule is Cc1ccc(N2C(=O)N(Cc3nc(-c4ccccc4)oc3C)c3ccccc3S2(=O)=O)c(C)c1. The van der Waals surface area contributed by atoms with Crippen molar-refractivity contribution < 1.29 is 17.6 Å². The molecule has 7 nitrogen and oxygen atoms in total. The summed E-state index contributed by atoms with van der Waals surface area (Å²) in [7, 11) is -4.10. The number of benzene rings is 3. The molecule has 0 atom stereocenters. The Morgan fingerprint density at radius 1 is 0.882 bits per heavy atom. The Kier molecular flexibility index (Phi) is 5.25. The quantitative estimate of drug-likeness (QED) is 0.385. The van der Waals surface area contributed by atoms with Gasteiger partial charge in [0.1, 0.15) is 16.3 Å². The van der Waals surface area contributed by atoms with E-state index in [9.17, 15) is 13.2 Å². The van der Waals surface area contributed by atoms with E-state index in [-0.39, 0.29) is 11.4 Å². The number of hydrogen-bond acceptors (Lipinski definition) is 5. The lowest BCUT2D eigenvalue weighted by Gasteiger charge is -2.36. The van der Waals surface area contributed by atoms with Crippen LogP contribution in [0.1, 0.15) is 22.6 Å². The molecule has 172 valence electrons.